The van der Waals surface area contributed by atoms with Crippen molar-refractivity contribution in [3.63, 3.8) is 0 Å². The van der Waals surface area contributed by atoms with Crippen molar-refractivity contribution in [3.05, 3.63) is 84.5 Å². The van der Waals surface area contributed by atoms with Crippen LogP contribution in [-0.4, -0.2) is 38.5 Å². The van der Waals surface area contributed by atoms with Crippen LogP contribution in [0.5, 0.6) is 17.2 Å². The number of allylic oxidation sites excluding steroid dienone is 1. The molecule has 1 aromatic heterocycles. The molecule has 8 nitrogen and oxygen atoms in total. The van der Waals surface area contributed by atoms with Gasteiger partial charge in [0.25, 0.3) is 5.56 Å². The predicted octanol–water partition coefficient (Wildman–Crippen LogP) is 2.82. The maximum atomic E-state index is 13.8. The molecule has 3 aromatic rings. The first kappa shape index (κ1) is 24.3. The maximum absolute atomic E-state index is 13.8. The number of para-hydroxylation sites is 1. The second kappa shape index (κ2) is 10.2. The summed E-state index contributed by atoms with van der Waals surface area (Å²) in [4.78, 5) is 31.9. The number of benzene rings is 2. The highest BCUT2D eigenvalue weighted by Crippen LogP contribution is 2.37. The molecule has 4 rings (SSSR count). The minimum Gasteiger partial charge on any atom is -0.497 e. The lowest BCUT2D eigenvalue weighted by Crippen LogP contribution is -2.40. The summed E-state index contributed by atoms with van der Waals surface area (Å²) in [6.45, 7) is 3.67. The van der Waals surface area contributed by atoms with Gasteiger partial charge in [0.15, 0.2) is 4.80 Å². The van der Waals surface area contributed by atoms with E-state index in [4.69, 9.17) is 18.9 Å². The van der Waals surface area contributed by atoms with Gasteiger partial charge in [-0.05, 0) is 38.1 Å². The lowest BCUT2D eigenvalue weighted by molar-refractivity contribution is -0.139. The Bertz CT molecular complexity index is 1480. The number of ether oxygens (including phenoxy) is 4. The van der Waals surface area contributed by atoms with Crippen molar-refractivity contribution in [1.29, 1.82) is 0 Å². The SMILES string of the molecule is CCOC(=O)C1=C(C)N=c2s/c(=C\c3ccccc3OC)c(=O)n2[C@@H]1c1ccc(OC)cc1OC. The van der Waals surface area contributed by atoms with Crippen molar-refractivity contribution in [2.24, 2.45) is 4.99 Å². The number of esters is 1. The molecule has 0 aliphatic carbocycles. The molecular formula is C26H26N2O6S. The van der Waals surface area contributed by atoms with Gasteiger partial charge in [-0.1, -0.05) is 29.5 Å². The van der Waals surface area contributed by atoms with Gasteiger partial charge < -0.3 is 18.9 Å². The summed E-state index contributed by atoms with van der Waals surface area (Å²) in [5, 5.41) is 0. The minimum absolute atomic E-state index is 0.195. The summed E-state index contributed by atoms with van der Waals surface area (Å²) in [5.74, 6) is 1.18. The summed E-state index contributed by atoms with van der Waals surface area (Å²) in [5.41, 5.74) is 1.87. The summed E-state index contributed by atoms with van der Waals surface area (Å²) in [6.07, 6.45) is 1.77. The Kier molecular flexibility index (Phi) is 7.07. The molecule has 1 aliphatic heterocycles. The topological polar surface area (TPSA) is 88.4 Å². The third-order valence-electron chi connectivity index (χ3n) is 5.68. The predicted molar refractivity (Wildman–Crippen MR) is 133 cm³/mol. The number of thiazole rings is 1. The molecule has 2 heterocycles. The molecule has 0 amide bonds. The van der Waals surface area contributed by atoms with E-state index in [2.05, 4.69) is 4.99 Å². The quantitative estimate of drug-likeness (QED) is 0.470. The number of rotatable bonds is 7. The Morgan fingerprint density at radius 1 is 1.09 bits per heavy atom. The normalized spacial score (nSPS) is 15.3. The Hall–Kier alpha value is -3.85. The summed E-state index contributed by atoms with van der Waals surface area (Å²) in [6, 6.07) is 11.9. The van der Waals surface area contributed by atoms with E-state index >= 15 is 0 Å². The highest BCUT2D eigenvalue weighted by Gasteiger charge is 2.35. The van der Waals surface area contributed by atoms with E-state index < -0.39 is 12.0 Å². The molecule has 0 radical (unpaired) electrons. The van der Waals surface area contributed by atoms with Crippen molar-refractivity contribution >= 4 is 23.4 Å². The van der Waals surface area contributed by atoms with Gasteiger partial charge in [0.05, 0.1) is 43.7 Å². The molecule has 0 unspecified atom stereocenters. The fraction of sp³-hybridized carbons (Fsp3) is 0.269. The van der Waals surface area contributed by atoms with E-state index in [1.165, 1.54) is 23.0 Å². The van der Waals surface area contributed by atoms with Crippen LogP contribution in [0.1, 0.15) is 31.0 Å². The second-order valence-electron chi connectivity index (χ2n) is 7.65. The van der Waals surface area contributed by atoms with Crippen molar-refractivity contribution in [2.45, 2.75) is 19.9 Å². The monoisotopic (exact) mass is 494 g/mol. The van der Waals surface area contributed by atoms with Gasteiger partial charge in [-0.25, -0.2) is 9.79 Å². The molecule has 0 saturated carbocycles. The lowest BCUT2D eigenvalue weighted by atomic mass is 9.95. The molecular weight excluding hydrogens is 468 g/mol. The van der Waals surface area contributed by atoms with Gasteiger partial charge >= 0.3 is 5.97 Å². The first-order valence-electron chi connectivity index (χ1n) is 11.0. The Morgan fingerprint density at radius 2 is 1.83 bits per heavy atom. The molecule has 182 valence electrons. The average molecular weight is 495 g/mol. The number of aromatic nitrogens is 1. The van der Waals surface area contributed by atoms with E-state index in [9.17, 15) is 9.59 Å². The van der Waals surface area contributed by atoms with Crippen LogP contribution >= 0.6 is 11.3 Å². The van der Waals surface area contributed by atoms with Crippen molar-refractivity contribution in [1.82, 2.24) is 4.57 Å². The van der Waals surface area contributed by atoms with E-state index in [1.807, 2.05) is 24.3 Å². The largest absolute Gasteiger partial charge is 0.497 e. The number of hydrogen-bond donors (Lipinski definition) is 0. The van der Waals surface area contributed by atoms with Gasteiger partial charge in [0.1, 0.15) is 23.3 Å². The fourth-order valence-corrected chi connectivity index (χ4v) is 5.09. The van der Waals surface area contributed by atoms with Crippen LogP contribution in [0.3, 0.4) is 0 Å². The number of hydrogen-bond acceptors (Lipinski definition) is 8. The lowest BCUT2D eigenvalue weighted by Gasteiger charge is -2.26. The van der Waals surface area contributed by atoms with Gasteiger partial charge in [-0.2, -0.15) is 0 Å². The Morgan fingerprint density at radius 3 is 2.51 bits per heavy atom. The molecule has 2 aromatic carbocycles. The van der Waals surface area contributed by atoms with E-state index in [1.54, 1.807) is 52.3 Å². The van der Waals surface area contributed by atoms with Crippen LogP contribution in [-0.2, 0) is 9.53 Å². The first-order valence-corrected chi connectivity index (χ1v) is 11.8. The third kappa shape index (κ3) is 4.46. The molecule has 0 bridgehead atoms. The standard InChI is InChI=1S/C26H26N2O6S/c1-6-34-25(30)22-15(2)27-26-28(23(22)18-12-11-17(31-3)14-20(18)33-5)24(29)21(35-26)13-16-9-7-8-10-19(16)32-4/h7-14,23H,6H2,1-5H3/b21-13-/t23-/m1/s1. The molecule has 1 aliphatic rings. The summed E-state index contributed by atoms with van der Waals surface area (Å²) < 4.78 is 23.7. The molecule has 0 spiro atoms. The molecule has 9 heteroatoms. The van der Waals surface area contributed by atoms with Gasteiger partial charge in [0, 0.05) is 17.2 Å². The summed E-state index contributed by atoms with van der Waals surface area (Å²) >= 11 is 1.25. The van der Waals surface area contributed by atoms with E-state index in [0.717, 1.165) is 5.56 Å². The fourth-order valence-electron chi connectivity index (χ4n) is 4.06. The average Bonchev–Trinajstić information content (AvgIpc) is 3.17. The van der Waals surface area contributed by atoms with Crippen LogP contribution in [0.4, 0.5) is 0 Å². The molecule has 1 atom stereocenters. The summed E-state index contributed by atoms with van der Waals surface area (Å²) in [7, 11) is 4.67. The second-order valence-corrected chi connectivity index (χ2v) is 8.66. The number of nitrogens with zero attached hydrogens (tertiary/aromatic N) is 2. The third-order valence-corrected chi connectivity index (χ3v) is 6.66. The van der Waals surface area contributed by atoms with Gasteiger partial charge in [-0.15, -0.1) is 0 Å². The van der Waals surface area contributed by atoms with Crippen molar-refractivity contribution in [3.8, 4) is 17.2 Å². The van der Waals surface area contributed by atoms with Crippen LogP contribution in [0.25, 0.3) is 6.08 Å². The maximum Gasteiger partial charge on any atom is 0.338 e. The molecule has 0 fully saturated rings. The zero-order valence-corrected chi connectivity index (χ0v) is 21.0. The van der Waals surface area contributed by atoms with Gasteiger partial charge in [-0.3, -0.25) is 9.36 Å². The minimum atomic E-state index is -0.786. The van der Waals surface area contributed by atoms with Crippen LogP contribution in [0, 0.1) is 0 Å². The number of carbonyl (C=O) groups excluding carboxylic acids is 1. The molecule has 0 N–H and O–H groups in total. The van der Waals surface area contributed by atoms with Gasteiger partial charge in [0.2, 0.25) is 0 Å². The Balaban J connectivity index is 2.01. The number of carbonyl (C=O) groups is 1. The van der Waals surface area contributed by atoms with Crippen molar-refractivity contribution in [2.75, 3.05) is 27.9 Å². The van der Waals surface area contributed by atoms with Crippen molar-refractivity contribution < 1.29 is 23.7 Å². The highest BCUT2D eigenvalue weighted by molar-refractivity contribution is 7.07. The number of methoxy groups -OCH3 is 3. The zero-order valence-electron chi connectivity index (χ0n) is 20.2. The van der Waals surface area contributed by atoms with Crippen LogP contribution in [0.2, 0.25) is 0 Å². The zero-order chi connectivity index (χ0) is 25.1. The highest BCUT2D eigenvalue weighted by atomic mass is 32.1. The molecule has 0 saturated heterocycles. The smallest absolute Gasteiger partial charge is 0.338 e. The first-order chi connectivity index (χ1) is 16.9. The number of fused-ring (bicyclic) bond motifs is 1. The Labute approximate surface area is 206 Å². The van der Waals surface area contributed by atoms with Crippen LogP contribution in [0.15, 0.2) is 63.5 Å². The molecule has 35 heavy (non-hydrogen) atoms. The van der Waals surface area contributed by atoms with E-state index in [-0.39, 0.29) is 17.7 Å². The van der Waals surface area contributed by atoms with E-state index in [0.29, 0.717) is 37.8 Å². The van der Waals surface area contributed by atoms with Crippen LogP contribution < -0.4 is 29.1 Å².